The van der Waals surface area contributed by atoms with E-state index in [1.807, 2.05) is 30.8 Å². The van der Waals surface area contributed by atoms with Crippen LogP contribution in [-0.2, 0) is 0 Å². The summed E-state index contributed by atoms with van der Waals surface area (Å²) in [6.07, 6.45) is 4.59. The summed E-state index contributed by atoms with van der Waals surface area (Å²) < 4.78 is 0. The summed E-state index contributed by atoms with van der Waals surface area (Å²) in [6.45, 7) is 2.92. The zero-order chi connectivity index (χ0) is 11.1. The fourth-order valence-corrected chi connectivity index (χ4v) is 1.86. The van der Waals surface area contributed by atoms with Gasteiger partial charge in [-0.25, -0.2) is 0 Å². The summed E-state index contributed by atoms with van der Waals surface area (Å²) in [5.74, 6) is 1.60. The molecule has 1 aromatic carbocycles. The van der Waals surface area contributed by atoms with Crippen LogP contribution < -0.4 is 5.32 Å². The van der Waals surface area contributed by atoms with E-state index in [0.29, 0.717) is 5.75 Å². The Morgan fingerprint density at radius 2 is 2.13 bits per heavy atom. The number of aryl methyl sites for hydroxylation is 1. The number of unbranched alkanes of at least 4 members (excludes halogenated alkanes) is 1. The smallest absolute Gasteiger partial charge is 0.118 e. The Bertz CT molecular complexity index is 302. The molecule has 0 aliphatic heterocycles. The van der Waals surface area contributed by atoms with Crippen LogP contribution in [-0.4, -0.2) is 23.7 Å². The molecule has 0 unspecified atom stereocenters. The molecule has 0 radical (unpaired) electrons. The zero-order valence-electron chi connectivity index (χ0n) is 9.42. The van der Waals surface area contributed by atoms with E-state index in [-0.39, 0.29) is 0 Å². The second kappa shape index (κ2) is 6.62. The van der Waals surface area contributed by atoms with Crippen LogP contribution >= 0.6 is 11.8 Å². The molecule has 0 atom stereocenters. The number of nitrogens with one attached hydrogen (secondary N) is 1. The number of hydrogen-bond acceptors (Lipinski definition) is 3. The van der Waals surface area contributed by atoms with Gasteiger partial charge in [-0.15, -0.1) is 0 Å². The largest absolute Gasteiger partial charge is 0.508 e. The fourth-order valence-electron chi connectivity index (χ4n) is 1.37. The molecule has 0 saturated carbocycles. The lowest BCUT2D eigenvalue weighted by Crippen LogP contribution is -2.01. The summed E-state index contributed by atoms with van der Waals surface area (Å²) in [4.78, 5) is 0. The van der Waals surface area contributed by atoms with E-state index in [4.69, 9.17) is 0 Å². The van der Waals surface area contributed by atoms with Crippen molar-refractivity contribution in [3.63, 3.8) is 0 Å². The second-order valence-corrected chi connectivity index (χ2v) is 4.61. The standard InChI is InChI=1S/C12H19NOS/c1-10-9-11(5-6-12(10)14)13-7-3-4-8-15-2/h5-6,9,13-14H,3-4,7-8H2,1-2H3. The minimum absolute atomic E-state index is 0.364. The molecule has 0 amide bonds. The molecule has 0 heterocycles. The van der Waals surface area contributed by atoms with Gasteiger partial charge in [0.05, 0.1) is 0 Å². The topological polar surface area (TPSA) is 32.3 Å². The van der Waals surface area contributed by atoms with E-state index in [2.05, 4.69) is 11.6 Å². The summed E-state index contributed by atoms with van der Waals surface area (Å²) in [7, 11) is 0. The van der Waals surface area contributed by atoms with Crippen LogP contribution in [0.25, 0.3) is 0 Å². The summed E-state index contributed by atoms with van der Waals surface area (Å²) in [6, 6.07) is 5.63. The van der Waals surface area contributed by atoms with Crippen molar-refractivity contribution in [1.29, 1.82) is 0 Å². The van der Waals surface area contributed by atoms with Crippen LogP contribution in [0, 0.1) is 6.92 Å². The average Bonchev–Trinajstić information content (AvgIpc) is 2.23. The highest BCUT2D eigenvalue weighted by molar-refractivity contribution is 7.98. The van der Waals surface area contributed by atoms with E-state index in [1.54, 1.807) is 6.07 Å². The highest BCUT2D eigenvalue weighted by Gasteiger charge is 1.97. The van der Waals surface area contributed by atoms with Crippen LogP contribution in [0.5, 0.6) is 5.75 Å². The molecule has 3 heteroatoms. The Balaban J connectivity index is 2.28. The lowest BCUT2D eigenvalue weighted by molar-refractivity contribution is 0.471. The maximum Gasteiger partial charge on any atom is 0.118 e. The molecule has 1 rings (SSSR count). The van der Waals surface area contributed by atoms with Crippen molar-refractivity contribution < 1.29 is 5.11 Å². The Hall–Kier alpha value is -0.830. The van der Waals surface area contributed by atoms with Crippen LogP contribution in [0.4, 0.5) is 5.69 Å². The number of rotatable bonds is 6. The Morgan fingerprint density at radius 1 is 1.33 bits per heavy atom. The molecular weight excluding hydrogens is 206 g/mol. The zero-order valence-corrected chi connectivity index (χ0v) is 10.2. The Labute approximate surface area is 96.1 Å². The van der Waals surface area contributed by atoms with Gasteiger partial charge in [0, 0.05) is 12.2 Å². The number of aromatic hydroxyl groups is 1. The number of anilines is 1. The Kier molecular flexibility index (Phi) is 5.40. The third kappa shape index (κ3) is 4.47. The van der Waals surface area contributed by atoms with Gasteiger partial charge in [-0.05, 0) is 55.5 Å². The molecule has 0 fully saturated rings. The molecule has 15 heavy (non-hydrogen) atoms. The highest BCUT2D eigenvalue weighted by Crippen LogP contribution is 2.19. The van der Waals surface area contributed by atoms with E-state index >= 15 is 0 Å². The summed E-state index contributed by atoms with van der Waals surface area (Å²) in [5.41, 5.74) is 2.01. The molecule has 0 spiro atoms. The molecule has 1 aromatic rings. The first-order chi connectivity index (χ1) is 7.24. The Morgan fingerprint density at radius 3 is 2.80 bits per heavy atom. The molecule has 84 valence electrons. The number of thioether (sulfide) groups is 1. The maximum atomic E-state index is 9.35. The van der Waals surface area contributed by atoms with Gasteiger partial charge in [-0.3, -0.25) is 0 Å². The molecular formula is C12H19NOS. The van der Waals surface area contributed by atoms with E-state index in [1.165, 1.54) is 18.6 Å². The third-order valence-electron chi connectivity index (χ3n) is 2.30. The van der Waals surface area contributed by atoms with Gasteiger partial charge in [0.2, 0.25) is 0 Å². The van der Waals surface area contributed by atoms with E-state index in [0.717, 1.165) is 17.8 Å². The predicted octanol–water partition coefficient (Wildman–Crippen LogP) is 3.26. The number of phenolic OH excluding ortho intramolecular Hbond substituents is 1. The van der Waals surface area contributed by atoms with Crippen LogP contribution in [0.15, 0.2) is 18.2 Å². The maximum absolute atomic E-state index is 9.35. The number of hydrogen-bond donors (Lipinski definition) is 2. The third-order valence-corrected chi connectivity index (χ3v) is 3.00. The van der Waals surface area contributed by atoms with Gasteiger partial charge in [0.1, 0.15) is 5.75 Å². The number of phenols is 1. The van der Waals surface area contributed by atoms with Crippen molar-refractivity contribution in [1.82, 2.24) is 0 Å². The molecule has 2 nitrogen and oxygen atoms in total. The molecule has 0 aromatic heterocycles. The number of benzene rings is 1. The minimum Gasteiger partial charge on any atom is -0.508 e. The van der Waals surface area contributed by atoms with E-state index in [9.17, 15) is 5.11 Å². The van der Waals surface area contributed by atoms with Crippen molar-refractivity contribution in [2.24, 2.45) is 0 Å². The monoisotopic (exact) mass is 225 g/mol. The van der Waals surface area contributed by atoms with E-state index < -0.39 is 0 Å². The van der Waals surface area contributed by atoms with Crippen LogP contribution in [0.1, 0.15) is 18.4 Å². The van der Waals surface area contributed by atoms with Crippen molar-refractivity contribution in [3.05, 3.63) is 23.8 Å². The van der Waals surface area contributed by atoms with Crippen molar-refractivity contribution in [2.45, 2.75) is 19.8 Å². The lowest BCUT2D eigenvalue weighted by atomic mass is 10.2. The van der Waals surface area contributed by atoms with Gasteiger partial charge >= 0.3 is 0 Å². The van der Waals surface area contributed by atoms with Gasteiger partial charge < -0.3 is 10.4 Å². The first-order valence-corrected chi connectivity index (χ1v) is 6.66. The van der Waals surface area contributed by atoms with Gasteiger partial charge in [0.15, 0.2) is 0 Å². The van der Waals surface area contributed by atoms with Gasteiger partial charge in [0.25, 0.3) is 0 Å². The van der Waals surface area contributed by atoms with Crippen LogP contribution in [0.2, 0.25) is 0 Å². The molecule has 0 aliphatic carbocycles. The average molecular weight is 225 g/mol. The highest BCUT2D eigenvalue weighted by atomic mass is 32.2. The van der Waals surface area contributed by atoms with Gasteiger partial charge in [-0.2, -0.15) is 11.8 Å². The lowest BCUT2D eigenvalue weighted by Gasteiger charge is -2.07. The molecule has 0 bridgehead atoms. The summed E-state index contributed by atoms with van der Waals surface area (Å²) >= 11 is 1.89. The first kappa shape index (κ1) is 12.2. The first-order valence-electron chi connectivity index (χ1n) is 5.26. The second-order valence-electron chi connectivity index (χ2n) is 3.63. The molecule has 0 saturated heterocycles. The SMILES string of the molecule is CSCCCCNc1ccc(O)c(C)c1. The van der Waals surface area contributed by atoms with Crippen LogP contribution in [0.3, 0.4) is 0 Å². The van der Waals surface area contributed by atoms with Crippen molar-refractivity contribution >= 4 is 17.4 Å². The molecule has 2 N–H and O–H groups in total. The minimum atomic E-state index is 0.364. The van der Waals surface area contributed by atoms with Crippen molar-refractivity contribution in [3.8, 4) is 5.75 Å². The summed E-state index contributed by atoms with van der Waals surface area (Å²) in [5, 5.41) is 12.7. The predicted molar refractivity (Wildman–Crippen MR) is 68.9 cm³/mol. The van der Waals surface area contributed by atoms with Gasteiger partial charge in [-0.1, -0.05) is 0 Å². The quantitative estimate of drug-likeness (QED) is 0.576. The fraction of sp³-hybridized carbons (Fsp3) is 0.500. The van der Waals surface area contributed by atoms with Crippen molar-refractivity contribution in [2.75, 3.05) is 23.9 Å². The molecule has 0 aliphatic rings. The normalized spacial score (nSPS) is 10.3.